The van der Waals surface area contributed by atoms with Crippen LogP contribution in [0.15, 0.2) is 97.2 Å². The van der Waals surface area contributed by atoms with Crippen LogP contribution < -0.4 is 15.0 Å². The van der Waals surface area contributed by atoms with E-state index in [0.717, 1.165) is 41.1 Å². The van der Waals surface area contributed by atoms with E-state index in [1.165, 1.54) is 5.70 Å². The van der Waals surface area contributed by atoms with E-state index in [9.17, 15) is 19.5 Å². The van der Waals surface area contributed by atoms with Gasteiger partial charge in [-0.15, -0.1) is 6.58 Å². The third-order valence-electron chi connectivity index (χ3n) is 9.05. The summed E-state index contributed by atoms with van der Waals surface area (Å²) >= 11 is 0. The molecule has 2 N–H and O–H groups in total. The van der Waals surface area contributed by atoms with Crippen molar-refractivity contribution >= 4 is 23.5 Å². The molecule has 3 heterocycles. The number of amides is 4. The summed E-state index contributed by atoms with van der Waals surface area (Å²) in [7, 11) is 0. The predicted octanol–water partition coefficient (Wildman–Crippen LogP) is 3.62. The molecular weight excluding hydrogens is 596 g/mol. The van der Waals surface area contributed by atoms with Crippen LogP contribution in [-0.4, -0.2) is 87.8 Å². The van der Waals surface area contributed by atoms with E-state index in [1.54, 1.807) is 50.2 Å². The first kappa shape index (κ1) is 30.4. The maximum Gasteiger partial charge on any atom is 0.334 e. The Morgan fingerprint density at radius 2 is 1.81 bits per heavy atom. The number of aromatic hydroxyl groups is 1. The standard InChI is InChI=1S/C36H38N6O5/c1-2-17-39-24-33(44)41-31(20-25-11-15-29(43)16-12-25)35(45)38(23-32(41)42(39)36(46)37-21-26-7-4-3-5-8-26)22-27-9-6-10-30-34(27)47-19-18-40(30)28-13-14-28/h2-13,15-16,31-32,43H,1,14,17-24H2,(H,37,46)/t31-,32-/m0/s1. The third kappa shape index (κ3) is 6.14. The number of nitrogens with one attached hydrogen (secondary N) is 1. The topological polar surface area (TPSA) is 109 Å². The van der Waals surface area contributed by atoms with Gasteiger partial charge < -0.3 is 29.9 Å². The van der Waals surface area contributed by atoms with Crippen LogP contribution in [0, 0.1) is 0 Å². The number of hydrazine groups is 1. The van der Waals surface area contributed by atoms with Gasteiger partial charge in [0.15, 0.2) is 0 Å². The summed E-state index contributed by atoms with van der Waals surface area (Å²) in [6, 6.07) is 21.0. The Balaban J connectivity index is 1.23. The van der Waals surface area contributed by atoms with Crippen molar-refractivity contribution in [1.29, 1.82) is 0 Å². The van der Waals surface area contributed by atoms with Gasteiger partial charge in [-0.3, -0.25) is 9.59 Å². The monoisotopic (exact) mass is 634 g/mol. The molecule has 2 saturated heterocycles. The van der Waals surface area contributed by atoms with Crippen LogP contribution in [0.5, 0.6) is 11.5 Å². The molecule has 0 unspecified atom stereocenters. The van der Waals surface area contributed by atoms with E-state index in [0.29, 0.717) is 13.2 Å². The second-order valence-electron chi connectivity index (χ2n) is 12.2. The Kier molecular flexibility index (Phi) is 8.30. The normalized spacial score (nSPS) is 20.6. The van der Waals surface area contributed by atoms with Crippen LogP contribution in [0.4, 0.5) is 10.5 Å². The van der Waals surface area contributed by atoms with Crippen LogP contribution in [0.25, 0.3) is 0 Å². The lowest BCUT2D eigenvalue weighted by molar-refractivity contribution is -0.189. The van der Waals surface area contributed by atoms with Gasteiger partial charge in [0.25, 0.3) is 0 Å². The number of phenolic OH excluding ortho intramolecular Hbond substituents is 1. The van der Waals surface area contributed by atoms with Crippen LogP contribution in [-0.2, 0) is 29.1 Å². The number of rotatable bonds is 9. The Bertz CT molecular complexity index is 1710. The number of piperazine rings is 1. The number of hydrogen-bond donors (Lipinski definition) is 2. The van der Waals surface area contributed by atoms with Gasteiger partial charge in [0.2, 0.25) is 11.8 Å². The van der Waals surface area contributed by atoms with Crippen molar-refractivity contribution in [2.24, 2.45) is 0 Å². The van der Waals surface area contributed by atoms with Crippen molar-refractivity contribution < 1.29 is 24.2 Å². The largest absolute Gasteiger partial charge is 0.508 e. The Morgan fingerprint density at radius 3 is 2.55 bits per heavy atom. The van der Waals surface area contributed by atoms with Gasteiger partial charge in [-0.25, -0.2) is 14.8 Å². The van der Waals surface area contributed by atoms with Crippen molar-refractivity contribution in [2.75, 3.05) is 37.7 Å². The van der Waals surface area contributed by atoms with Gasteiger partial charge >= 0.3 is 6.03 Å². The van der Waals surface area contributed by atoms with Crippen LogP contribution in [0.3, 0.4) is 0 Å². The summed E-state index contributed by atoms with van der Waals surface area (Å²) in [4.78, 5) is 47.9. The Morgan fingerprint density at radius 1 is 1.02 bits per heavy atom. The highest BCUT2D eigenvalue weighted by Crippen LogP contribution is 2.41. The van der Waals surface area contributed by atoms with Crippen LogP contribution in [0.2, 0.25) is 0 Å². The van der Waals surface area contributed by atoms with Gasteiger partial charge in [-0.2, -0.15) is 0 Å². The van der Waals surface area contributed by atoms with E-state index < -0.39 is 12.2 Å². The number of carbonyl (C=O) groups excluding carboxylic acids is 3. The number of ether oxygens (including phenoxy) is 1. The number of allylic oxidation sites excluding steroid dienone is 2. The molecule has 2 fully saturated rings. The zero-order chi connectivity index (χ0) is 32.5. The molecule has 4 aliphatic rings. The smallest absolute Gasteiger partial charge is 0.334 e. The summed E-state index contributed by atoms with van der Waals surface area (Å²) in [5, 5.41) is 16.2. The summed E-state index contributed by atoms with van der Waals surface area (Å²) in [5.74, 6) is 0.417. The maximum atomic E-state index is 14.4. The van der Waals surface area contributed by atoms with E-state index in [-0.39, 0.29) is 56.2 Å². The molecule has 11 nitrogen and oxygen atoms in total. The first-order valence-electron chi connectivity index (χ1n) is 16.0. The summed E-state index contributed by atoms with van der Waals surface area (Å²) in [5.41, 5.74) is 4.85. The highest BCUT2D eigenvalue weighted by molar-refractivity contribution is 5.92. The summed E-state index contributed by atoms with van der Waals surface area (Å²) in [6.45, 7) is 6.04. The third-order valence-corrected chi connectivity index (χ3v) is 9.05. The van der Waals surface area contributed by atoms with Gasteiger partial charge in [-0.1, -0.05) is 66.7 Å². The van der Waals surface area contributed by atoms with Gasteiger partial charge in [0.1, 0.15) is 30.3 Å². The number of benzene rings is 3. The van der Waals surface area contributed by atoms with Crippen molar-refractivity contribution in [3.8, 4) is 11.5 Å². The molecule has 242 valence electrons. The zero-order valence-electron chi connectivity index (χ0n) is 26.1. The molecule has 2 atom stereocenters. The minimum atomic E-state index is -0.866. The first-order valence-corrected chi connectivity index (χ1v) is 16.0. The fourth-order valence-electron chi connectivity index (χ4n) is 6.76. The second kappa shape index (κ2) is 12.8. The van der Waals surface area contributed by atoms with Gasteiger partial charge in [-0.05, 0) is 29.3 Å². The highest BCUT2D eigenvalue weighted by Gasteiger charge is 2.51. The van der Waals surface area contributed by atoms with E-state index >= 15 is 0 Å². The number of carbonyl (C=O) groups is 3. The molecule has 11 heteroatoms. The minimum Gasteiger partial charge on any atom is -0.508 e. The number of hydrogen-bond acceptors (Lipinski definition) is 7. The van der Waals surface area contributed by atoms with Gasteiger partial charge in [0.05, 0.1) is 25.3 Å². The molecule has 0 bridgehead atoms. The first-order chi connectivity index (χ1) is 22.9. The Hall–Kier alpha value is -5.29. The molecule has 0 aromatic heterocycles. The molecule has 0 saturated carbocycles. The highest BCUT2D eigenvalue weighted by atomic mass is 16.5. The van der Waals surface area contributed by atoms with E-state index in [1.807, 2.05) is 48.5 Å². The molecule has 1 aliphatic carbocycles. The van der Waals surface area contributed by atoms with Crippen molar-refractivity contribution in [3.05, 3.63) is 114 Å². The SMILES string of the molecule is C=CCN1CC(=O)N2[C@@H](Cc3ccc(O)cc3)C(=O)N(Cc3cccc4c3OCCN4C3=CC3)C[C@@H]2N1C(=O)NCc1ccccc1. The fourth-order valence-corrected chi connectivity index (χ4v) is 6.76. The molecule has 0 spiro atoms. The number of nitrogens with zero attached hydrogens (tertiary/aromatic N) is 5. The zero-order valence-corrected chi connectivity index (χ0v) is 26.1. The molecule has 4 amide bonds. The average Bonchev–Trinajstić information content (AvgIpc) is 3.93. The Labute approximate surface area is 273 Å². The van der Waals surface area contributed by atoms with Crippen molar-refractivity contribution in [3.63, 3.8) is 0 Å². The van der Waals surface area contributed by atoms with Crippen molar-refractivity contribution in [2.45, 2.75) is 38.1 Å². The minimum absolute atomic E-state index is 0.0770. The van der Waals surface area contributed by atoms with Crippen molar-refractivity contribution in [1.82, 2.24) is 25.1 Å². The molecule has 3 aliphatic heterocycles. The number of fused-ring (bicyclic) bond motifs is 2. The molecule has 7 rings (SSSR count). The number of phenols is 1. The second-order valence-corrected chi connectivity index (χ2v) is 12.2. The van der Waals surface area contributed by atoms with E-state index in [2.05, 4.69) is 22.9 Å². The lowest BCUT2D eigenvalue weighted by Crippen LogP contribution is -2.76. The van der Waals surface area contributed by atoms with Gasteiger partial charge in [0, 0.05) is 43.7 Å². The number of para-hydroxylation sites is 1. The van der Waals surface area contributed by atoms with Crippen LogP contribution >= 0.6 is 0 Å². The molecular formula is C36H38N6O5. The quantitative estimate of drug-likeness (QED) is 0.346. The predicted molar refractivity (Wildman–Crippen MR) is 176 cm³/mol. The average molecular weight is 635 g/mol. The molecule has 0 radical (unpaired) electrons. The molecule has 3 aromatic carbocycles. The lowest BCUT2D eigenvalue weighted by atomic mass is 9.98. The molecule has 47 heavy (non-hydrogen) atoms. The molecule has 3 aromatic rings. The number of anilines is 1. The summed E-state index contributed by atoms with van der Waals surface area (Å²) in [6.07, 6.45) is 4.27. The number of urea groups is 1. The summed E-state index contributed by atoms with van der Waals surface area (Å²) < 4.78 is 6.19. The van der Waals surface area contributed by atoms with Crippen LogP contribution in [0.1, 0.15) is 23.1 Å². The fraction of sp³-hybridized carbons (Fsp3) is 0.306. The van der Waals surface area contributed by atoms with E-state index in [4.69, 9.17) is 4.74 Å². The lowest BCUT2D eigenvalue weighted by Gasteiger charge is -2.55. The maximum absolute atomic E-state index is 14.4.